The molecule has 24 nitrogen and oxygen atoms in total. The first-order valence-corrected chi connectivity index (χ1v) is 39.9. The maximum Gasteiger partial charge on any atom is 0.102 e. The summed E-state index contributed by atoms with van der Waals surface area (Å²) in [5, 5.41) is 215. The normalized spacial score (nSPS) is 8.95. The standard InChI is InChI=1S/C12H6N4.4C12H9N3.4C12H12N2/c1-7-9(3-13)8(2)11(5-15)12(6-16)10(7)4-14;1-7-10(4-13)8(2)12(6-15)9(3)11(7)5-14;2*1-7-8(2)11(5-14)12(6-15)9(3)10(7)4-13;1-7-8(2)10(4-13)12(6-15)11(5-14)9(7)3;1-7-8(2)12(6-14)10(4)9(3)11(7)5-13;2*1-7-8(2)11(5-13)10(4)12(6-14)9(7)3;1-7-8(2)10(4)12(6-14)11(5-13)9(7)3/h1-2H3;4*1-3H3;4*1-4H3. The Labute approximate surface area is 775 Å². The predicted octanol–water partition coefficient (Wildman–Crippen LogP) is 21.4. The van der Waals surface area contributed by atoms with Crippen LogP contribution in [0.2, 0.25) is 0 Å². The van der Waals surface area contributed by atoms with E-state index in [1.807, 2.05) is 203 Å². The average molecular weight is 1720 g/mol. The van der Waals surface area contributed by atoms with E-state index >= 15 is 0 Å². The van der Waals surface area contributed by atoms with E-state index in [0.29, 0.717) is 150 Å². The Morgan fingerprint density at radius 1 is 0.0682 bits per heavy atom. The van der Waals surface area contributed by atoms with Gasteiger partial charge in [0.05, 0.1) is 206 Å². The van der Waals surface area contributed by atoms with Gasteiger partial charge in [-0.1, -0.05) is 0 Å². The van der Waals surface area contributed by atoms with Gasteiger partial charge in [0, 0.05) is 0 Å². The van der Waals surface area contributed by atoms with Crippen molar-refractivity contribution < 1.29 is 0 Å². The highest BCUT2D eigenvalue weighted by Gasteiger charge is 2.25. The largest absolute Gasteiger partial charge is 0.192 e. The average Bonchev–Trinajstić information content (AvgIpc) is 0.751. The van der Waals surface area contributed by atoms with Gasteiger partial charge in [-0.15, -0.1) is 0 Å². The summed E-state index contributed by atoms with van der Waals surface area (Å²) >= 11 is 0. The fourth-order valence-electron chi connectivity index (χ4n) is 14.7. The van der Waals surface area contributed by atoms with Crippen molar-refractivity contribution in [3.05, 3.63) is 300 Å². The molecule has 0 saturated heterocycles. The van der Waals surface area contributed by atoms with Gasteiger partial charge in [0.2, 0.25) is 0 Å². The molecular weight excluding hydrogens is 1630 g/mol. The van der Waals surface area contributed by atoms with Gasteiger partial charge in [-0.25, -0.2) is 0 Å². The highest BCUT2D eigenvalue weighted by Crippen LogP contribution is 2.34. The number of rotatable bonds is 0. The van der Waals surface area contributed by atoms with Crippen LogP contribution in [0.5, 0.6) is 0 Å². The van der Waals surface area contributed by atoms with E-state index < -0.39 is 0 Å². The summed E-state index contributed by atoms with van der Waals surface area (Å²) in [6.07, 6.45) is 0. The number of hydrogen-bond donors (Lipinski definition) is 0. The molecule has 0 aliphatic heterocycles. The lowest BCUT2D eigenvalue weighted by Gasteiger charge is -2.12. The van der Waals surface area contributed by atoms with Crippen LogP contribution in [0.4, 0.5) is 0 Å². The Morgan fingerprint density at radius 2 is 0.121 bits per heavy atom. The van der Waals surface area contributed by atoms with Crippen LogP contribution in [0.3, 0.4) is 0 Å². The number of benzene rings is 9. The number of hydrogen-bond acceptors (Lipinski definition) is 24. The molecular formula is C108H90N24. The van der Waals surface area contributed by atoms with Crippen molar-refractivity contribution in [1.82, 2.24) is 0 Å². The molecule has 0 radical (unpaired) electrons. The Hall–Kier alpha value is -19.3. The summed E-state index contributed by atoms with van der Waals surface area (Å²) in [5.74, 6) is 0. The molecule has 0 unspecified atom stereocenters. The molecule has 0 atom stereocenters. The Balaban J connectivity index is 0.000000743. The molecule has 0 aliphatic rings. The highest BCUT2D eigenvalue weighted by atomic mass is 14.4. The molecule has 24 heteroatoms. The fraction of sp³-hybridized carbons (Fsp3) is 0.278. The van der Waals surface area contributed by atoms with Crippen molar-refractivity contribution in [3.8, 4) is 146 Å². The van der Waals surface area contributed by atoms with Gasteiger partial charge in [0.1, 0.15) is 72.8 Å². The molecule has 0 aliphatic carbocycles. The van der Waals surface area contributed by atoms with Gasteiger partial charge in [0.25, 0.3) is 0 Å². The fourth-order valence-corrected chi connectivity index (χ4v) is 14.7. The van der Waals surface area contributed by atoms with Crippen LogP contribution in [0.1, 0.15) is 300 Å². The minimum Gasteiger partial charge on any atom is -0.192 e. The second-order valence-electron chi connectivity index (χ2n) is 30.4. The number of nitriles is 24. The van der Waals surface area contributed by atoms with Gasteiger partial charge in [-0.3, -0.25) is 0 Å². The zero-order valence-corrected chi connectivity index (χ0v) is 79.7. The van der Waals surface area contributed by atoms with E-state index in [9.17, 15) is 0 Å². The third-order valence-electron chi connectivity index (χ3n) is 24.5. The van der Waals surface area contributed by atoms with Crippen molar-refractivity contribution >= 4 is 0 Å². The SMILES string of the molecule is Cc1c(C#N)c(C)c(C#N)c(C#N)c1C#N.Cc1c(C#N)c(C)c(C#N)c(C)c1C#N.Cc1c(C)c(C#N)c(C#N)c(C#N)c1C.Cc1c(C)c(C#N)c(C#N)c(C)c1C#N.Cc1c(C)c(C#N)c(C#N)c(C)c1C#N.Cc1c(C)c(C#N)c(C)c(C#N)c1C.Cc1c(C)c(C#N)c(C)c(C#N)c1C.Cc1c(C)c(C#N)c(C)c(C)c1C#N.Cc1c(C)c(C)c(C#N)c(C#N)c1C. The molecule has 0 saturated carbocycles. The predicted molar refractivity (Wildman–Crippen MR) is 493 cm³/mol. The van der Waals surface area contributed by atoms with Crippen LogP contribution >= 0.6 is 0 Å². The van der Waals surface area contributed by atoms with Crippen molar-refractivity contribution in [1.29, 1.82) is 126 Å². The lowest BCUT2D eigenvalue weighted by molar-refractivity contribution is 1.18. The first-order chi connectivity index (χ1) is 62.1. The molecule has 0 N–H and O–H groups in total. The maximum absolute atomic E-state index is 8.98. The van der Waals surface area contributed by atoms with Crippen LogP contribution in [0.25, 0.3) is 0 Å². The Bertz CT molecular complexity index is 6930. The Morgan fingerprint density at radius 3 is 0.242 bits per heavy atom. The summed E-state index contributed by atoms with van der Waals surface area (Å²) in [6.45, 7) is 54.9. The van der Waals surface area contributed by atoms with Gasteiger partial charge in [-0.2, -0.15) is 126 Å². The van der Waals surface area contributed by atoms with Crippen LogP contribution in [0.15, 0.2) is 0 Å². The van der Waals surface area contributed by atoms with Gasteiger partial charge < -0.3 is 0 Å². The van der Waals surface area contributed by atoms with E-state index in [-0.39, 0.29) is 22.3 Å². The maximum atomic E-state index is 8.98. The molecule has 132 heavy (non-hydrogen) atoms. The van der Waals surface area contributed by atoms with E-state index in [1.54, 1.807) is 90.0 Å². The minimum atomic E-state index is 0.0546. The second kappa shape index (κ2) is 49.3. The lowest BCUT2D eigenvalue weighted by Crippen LogP contribution is -2.01. The third kappa shape index (κ3) is 22.3. The van der Waals surface area contributed by atoms with Crippen molar-refractivity contribution in [2.75, 3.05) is 0 Å². The van der Waals surface area contributed by atoms with Crippen LogP contribution in [0, 0.1) is 480 Å². The smallest absolute Gasteiger partial charge is 0.102 e. The lowest BCUT2D eigenvalue weighted by atomic mass is 9.89. The van der Waals surface area contributed by atoms with Crippen LogP contribution in [-0.2, 0) is 0 Å². The van der Waals surface area contributed by atoms with Crippen molar-refractivity contribution in [2.45, 2.75) is 208 Å². The zero-order chi connectivity index (χ0) is 102. The van der Waals surface area contributed by atoms with E-state index in [4.69, 9.17) is 126 Å². The molecule has 0 aromatic heterocycles. The minimum absolute atomic E-state index is 0.0546. The molecule has 0 bridgehead atoms. The van der Waals surface area contributed by atoms with Crippen LogP contribution in [-0.4, -0.2) is 0 Å². The molecule has 0 fully saturated rings. The monoisotopic (exact) mass is 1720 g/mol. The quantitative estimate of drug-likeness (QED) is 0.136. The molecule has 642 valence electrons. The number of nitrogens with zero attached hydrogens (tertiary/aromatic N) is 24. The summed E-state index contributed by atoms with van der Waals surface area (Å²) in [6, 6.07) is 48.9. The summed E-state index contributed by atoms with van der Waals surface area (Å²) in [4.78, 5) is 0. The molecule has 9 aromatic rings. The molecule has 0 spiro atoms. The van der Waals surface area contributed by atoms with Gasteiger partial charge in [-0.05, 0) is 375 Å². The Kier molecular flexibility index (Phi) is 41.4. The van der Waals surface area contributed by atoms with Crippen LogP contribution < -0.4 is 0 Å². The topological polar surface area (TPSA) is 571 Å². The zero-order valence-electron chi connectivity index (χ0n) is 79.7. The van der Waals surface area contributed by atoms with Crippen molar-refractivity contribution in [3.63, 3.8) is 0 Å². The van der Waals surface area contributed by atoms with Gasteiger partial charge >= 0.3 is 0 Å². The highest BCUT2D eigenvalue weighted by molar-refractivity contribution is 5.71. The van der Waals surface area contributed by atoms with E-state index in [1.165, 1.54) is 0 Å². The van der Waals surface area contributed by atoms with Gasteiger partial charge in [0.15, 0.2) is 0 Å². The molecule has 0 amide bonds. The van der Waals surface area contributed by atoms with E-state index in [0.717, 1.165) is 128 Å². The first-order valence-electron chi connectivity index (χ1n) is 39.9. The van der Waals surface area contributed by atoms with Crippen molar-refractivity contribution in [2.24, 2.45) is 0 Å². The summed E-state index contributed by atoms with van der Waals surface area (Å²) < 4.78 is 0. The molecule has 0 heterocycles. The molecule has 9 rings (SSSR count). The first kappa shape index (κ1) is 111. The second-order valence-corrected chi connectivity index (χ2v) is 30.4. The molecule has 9 aromatic carbocycles. The summed E-state index contributed by atoms with van der Waals surface area (Å²) in [7, 11) is 0. The summed E-state index contributed by atoms with van der Waals surface area (Å²) in [5.41, 5.74) is 35.1. The van der Waals surface area contributed by atoms with E-state index in [2.05, 4.69) is 60.7 Å². The third-order valence-corrected chi connectivity index (χ3v) is 24.5.